The van der Waals surface area contributed by atoms with Crippen LogP contribution >= 0.6 is 0 Å². The standard InChI is InChI=1S/C9H15NO4/c1-6-7(2-3-14-6)5-10-8(11)4-9(12)13/h6-7H,2-5H2,1H3,(H,10,11)(H,12,13). The first-order chi connectivity index (χ1) is 6.59. The number of aliphatic carboxylic acids is 1. The zero-order chi connectivity index (χ0) is 10.6. The Morgan fingerprint density at radius 1 is 1.57 bits per heavy atom. The average Bonchev–Trinajstić information content (AvgIpc) is 2.46. The maximum atomic E-state index is 11.0. The predicted octanol–water partition coefficient (Wildman–Crippen LogP) is 0.00230. The van der Waals surface area contributed by atoms with Crippen molar-refractivity contribution < 1.29 is 19.4 Å². The summed E-state index contributed by atoms with van der Waals surface area (Å²) in [4.78, 5) is 21.2. The summed E-state index contributed by atoms with van der Waals surface area (Å²) in [6.45, 7) is 3.19. The van der Waals surface area contributed by atoms with Crippen molar-refractivity contribution in [3.63, 3.8) is 0 Å². The lowest BCUT2D eigenvalue weighted by atomic mass is 10.0. The molecule has 2 unspecified atom stereocenters. The molecule has 1 aliphatic heterocycles. The molecule has 0 aromatic rings. The van der Waals surface area contributed by atoms with Gasteiger partial charge in [0.2, 0.25) is 5.91 Å². The van der Waals surface area contributed by atoms with E-state index in [2.05, 4.69) is 5.32 Å². The van der Waals surface area contributed by atoms with Crippen molar-refractivity contribution in [1.82, 2.24) is 5.32 Å². The van der Waals surface area contributed by atoms with Crippen LogP contribution in [-0.2, 0) is 14.3 Å². The summed E-state index contributed by atoms with van der Waals surface area (Å²) in [7, 11) is 0. The van der Waals surface area contributed by atoms with Gasteiger partial charge in [-0.1, -0.05) is 0 Å². The number of carboxylic acid groups (broad SMARTS) is 1. The predicted molar refractivity (Wildman–Crippen MR) is 48.8 cm³/mol. The van der Waals surface area contributed by atoms with Gasteiger partial charge in [-0.25, -0.2) is 0 Å². The second kappa shape index (κ2) is 4.95. The molecule has 5 heteroatoms. The second-order valence-electron chi connectivity index (χ2n) is 3.50. The second-order valence-corrected chi connectivity index (χ2v) is 3.50. The molecule has 0 radical (unpaired) electrons. The van der Waals surface area contributed by atoms with Gasteiger partial charge in [-0.2, -0.15) is 0 Å². The third kappa shape index (κ3) is 3.33. The fraction of sp³-hybridized carbons (Fsp3) is 0.778. The van der Waals surface area contributed by atoms with Crippen LogP contribution in [0.15, 0.2) is 0 Å². The molecule has 1 aliphatic rings. The summed E-state index contributed by atoms with van der Waals surface area (Å²) in [5, 5.41) is 10.9. The molecule has 0 aromatic heterocycles. The van der Waals surface area contributed by atoms with Crippen LogP contribution in [0, 0.1) is 5.92 Å². The highest BCUT2D eigenvalue weighted by atomic mass is 16.5. The van der Waals surface area contributed by atoms with Crippen LogP contribution < -0.4 is 5.32 Å². The minimum atomic E-state index is -1.10. The molecule has 1 amide bonds. The first kappa shape index (κ1) is 11.0. The third-order valence-corrected chi connectivity index (χ3v) is 2.41. The molecule has 1 heterocycles. The highest BCUT2D eigenvalue weighted by molar-refractivity contribution is 5.93. The molecular weight excluding hydrogens is 186 g/mol. The van der Waals surface area contributed by atoms with Gasteiger partial charge in [0.25, 0.3) is 0 Å². The van der Waals surface area contributed by atoms with Gasteiger partial charge >= 0.3 is 5.97 Å². The highest BCUT2D eigenvalue weighted by Crippen LogP contribution is 2.19. The molecule has 2 N–H and O–H groups in total. The Bertz CT molecular complexity index is 229. The number of nitrogens with one attached hydrogen (secondary N) is 1. The van der Waals surface area contributed by atoms with E-state index >= 15 is 0 Å². The van der Waals surface area contributed by atoms with Gasteiger partial charge < -0.3 is 15.2 Å². The van der Waals surface area contributed by atoms with Gasteiger partial charge in [0.05, 0.1) is 6.10 Å². The van der Waals surface area contributed by atoms with Crippen molar-refractivity contribution in [2.75, 3.05) is 13.2 Å². The Balaban J connectivity index is 2.19. The molecule has 5 nitrogen and oxygen atoms in total. The van der Waals surface area contributed by atoms with Crippen LogP contribution in [0.4, 0.5) is 0 Å². The van der Waals surface area contributed by atoms with Crippen molar-refractivity contribution in [2.24, 2.45) is 5.92 Å². The summed E-state index contributed by atoms with van der Waals surface area (Å²) < 4.78 is 5.31. The van der Waals surface area contributed by atoms with Crippen molar-refractivity contribution in [1.29, 1.82) is 0 Å². The molecule has 1 saturated heterocycles. The van der Waals surface area contributed by atoms with E-state index in [0.717, 1.165) is 13.0 Å². The number of carboxylic acids is 1. The van der Waals surface area contributed by atoms with Gasteiger partial charge in [-0.15, -0.1) is 0 Å². The summed E-state index contributed by atoms with van der Waals surface area (Å²) in [6.07, 6.45) is 0.622. The van der Waals surface area contributed by atoms with E-state index in [1.165, 1.54) is 0 Å². The quantitative estimate of drug-likeness (QED) is 0.628. The summed E-state index contributed by atoms with van der Waals surface area (Å²) in [5.41, 5.74) is 0. The van der Waals surface area contributed by atoms with E-state index in [0.29, 0.717) is 12.5 Å². The van der Waals surface area contributed by atoms with E-state index in [4.69, 9.17) is 9.84 Å². The largest absolute Gasteiger partial charge is 0.481 e. The lowest BCUT2D eigenvalue weighted by Gasteiger charge is -2.13. The maximum Gasteiger partial charge on any atom is 0.312 e. The number of hydrogen-bond donors (Lipinski definition) is 2. The molecule has 1 rings (SSSR count). The van der Waals surface area contributed by atoms with Crippen molar-refractivity contribution in [3.8, 4) is 0 Å². The average molecular weight is 201 g/mol. The SMILES string of the molecule is CC1OCCC1CNC(=O)CC(=O)O. The molecule has 0 bridgehead atoms. The topological polar surface area (TPSA) is 75.6 Å². The van der Waals surface area contributed by atoms with Crippen molar-refractivity contribution in [3.05, 3.63) is 0 Å². The van der Waals surface area contributed by atoms with E-state index in [1.54, 1.807) is 0 Å². The van der Waals surface area contributed by atoms with Crippen LogP contribution in [0.2, 0.25) is 0 Å². The molecule has 0 saturated carbocycles. The van der Waals surface area contributed by atoms with Crippen LogP contribution in [0.3, 0.4) is 0 Å². The summed E-state index contributed by atoms with van der Waals surface area (Å²) >= 11 is 0. The normalized spacial score (nSPS) is 26.1. The van der Waals surface area contributed by atoms with Crippen LogP contribution in [0.5, 0.6) is 0 Å². The lowest BCUT2D eigenvalue weighted by molar-refractivity contribution is -0.140. The van der Waals surface area contributed by atoms with Crippen LogP contribution in [0.1, 0.15) is 19.8 Å². The fourth-order valence-corrected chi connectivity index (χ4v) is 1.49. The van der Waals surface area contributed by atoms with Gasteiger partial charge in [0, 0.05) is 19.1 Å². The third-order valence-electron chi connectivity index (χ3n) is 2.41. The maximum absolute atomic E-state index is 11.0. The number of carbonyl (C=O) groups is 2. The monoisotopic (exact) mass is 201 g/mol. The van der Waals surface area contributed by atoms with Crippen LogP contribution in [0.25, 0.3) is 0 Å². The van der Waals surface area contributed by atoms with E-state index < -0.39 is 18.3 Å². The van der Waals surface area contributed by atoms with E-state index in [-0.39, 0.29) is 6.10 Å². The van der Waals surface area contributed by atoms with Crippen molar-refractivity contribution in [2.45, 2.75) is 25.9 Å². The Morgan fingerprint density at radius 3 is 2.79 bits per heavy atom. The number of hydrogen-bond acceptors (Lipinski definition) is 3. The minimum absolute atomic E-state index is 0.153. The summed E-state index contributed by atoms with van der Waals surface area (Å²) in [6, 6.07) is 0. The zero-order valence-corrected chi connectivity index (χ0v) is 8.16. The number of carbonyl (C=O) groups excluding carboxylic acids is 1. The zero-order valence-electron chi connectivity index (χ0n) is 8.16. The number of rotatable bonds is 4. The number of ether oxygens (including phenoxy) is 1. The van der Waals surface area contributed by atoms with Gasteiger partial charge in [0.1, 0.15) is 6.42 Å². The Hall–Kier alpha value is -1.10. The fourth-order valence-electron chi connectivity index (χ4n) is 1.49. The first-order valence-electron chi connectivity index (χ1n) is 4.69. The smallest absolute Gasteiger partial charge is 0.312 e. The highest BCUT2D eigenvalue weighted by Gasteiger charge is 2.24. The van der Waals surface area contributed by atoms with Crippen molar-refractivity contribution >= 4 is 11.9 Å². The molecule has 1 fully saturated rings. The molecule has 2 atom stereocenters. The molecule has 0 spiro atoms. The van der Waals surface area contributed by atoms with E-state index in [9.17, 15) is 9.59 Å². The lowest BCUT2D eigenvalue weighted by Crippen LogP contribution is -2.32. The Morgan fingerprint density at radius 2 is 2.29 bits per heavy atom. The van der Waals surface area contributed by atoms with Gasteiger partial charge in [0.15, 0.2) is 0 Å². The molecule has 0 aliphatic carbocycles. The molecule has 80 valence electrons. The minimum Gasteiger partial charge on any atom is -0.481 e. The van der Waals surface area contributed by atoms with Crippen LogP contribution in [-0.4, -0.2) is 36.2 Å². The van der Waals surface area contributed by atoms with Gasteiger partial charge in [-0.05, 0) is 13.3 Å². The number of amides is 1. The van der Waals surface area contributed by atoms with Gasteiger partial charge in [-0.3, -0.25) is 9.59 Å². The van der Waals surface area contributed by atoms with E-state index in [1.807, 2.05) is 6.92 Å². The molecular formula is C9H15NO4. The Kier molecular flexibility index (Phi) is 3.88. The first-order valence-corrected chi connectivity index (χ1v) is 4.69. The molecule has 0 aromatic carbocycles. The Labute approximate surface area is 82.4 Å². The summed E-state index contributed by atoms with van der Waals surface area (Å²) in [5.74, 6) is -1.22. The molecule has 14 heavy (non-hydrogen) atoms.